The van der Waals surface area contributed by atoms with E-state index in [-0.39, 0.29) is 0 Å². The molecule has 1 saturated heterocycles. The van der Waals surface area contributed by atoms with E-state index in [0.717, 1.165) is 39.7 Å². The molecular formula is C15H17IN4. The van der Waals surface area contributed by atoms with Crippen molar-refractivity contribution in [3.63, 3.8) is 0 Å². The first-order valence-electron chi connectivity index (χ1n) is 6.85. The maximum atomic E-state index is 4.80. The highest BCUT2D eigenvalue weighted by atomic mass is 127. The first kappa shape index (κ1) is 13.6. The Hall–Kier alpha value is -1.37. The standard InChI is InChI=1S/C15H17IN4/c1-17-14-12(16)13(11-7-3-2-4-8-11)18-15(19-14)20-9-5-6-10-20/h2-4,7-8H,5-6,9-10H2,1H3,(H,17,18,19). The summed E-state index contributed by atoms with van der Waals surface area (Å²) in [4.78, 5) is 11.7. The van der Waals surface area contributed by atoms with E-state index < -0.39 is 0 Å². The number of hydrogen-bond acceptors (Lipinski definition) is 4. The van der Waals surface area contributed by atoms with Crippen molar-refractivity contribution in [3.05, 3.63) is 33.9 Å². The second-order valence-corrected chi connectivity index (χ2v) is 5.92. The summed E-state index contributed by atoms with van der Waals surface area (Å²) in [7, 11) is 1.91. The zero-order valence-electron chi connectivity index (χ0n) is 11.4. The van der Waals surface area contributed by atoms with Crippen LogP contribution in [0.25, 0.3) is 11.3 Å². The maximum Gasteiger partial charge on any atom is 0.227 e. The van der Waals surface area contributed by atoms with Gasteiger partial charge in [0.05, 0.1) is 9.26 Å². The molecule has 1 aliphatic heterocycles. The van der Waals surface area contributed by atoms with E-state index in [2.05, 4.69) is 49.9 Å². The molecule has 1 aliphatic rings. The van der Waals surface area contributed by atoms with E-state index in [9.17, 15) is 0 Å². The van der Waals surface area contributed by atoms with Crippen LogP contribution in [-0.2, 0) is 0 Å². The highest BCUT2D eigenvalue weighted by Gasteiger charge is 2.19. The van der Waals surface area contributed by atoms with Crippen LogP contribution in [0.2, 0.25) is 0 Å². The van der Waals surface area contributed by atoms with E-state index >= 15 is 0 Å². The molecule has 0 amide bonds. The monoisotopic (exact) mass is 380 g/mol. The highest BCUT2D eigenvalue weighted by Crippen LogP contribution is 2.30. The van der Waals surface area contributed by atoms with Crippen LogP contribution in [0.3, 0.4) is 0 Å². The molecule has 1 aromatic heterocycles. The minimum absolute atomic E-state index is 0.839. The molecule has 0 radical (unpaired) electrons. The van der Waals surface area contributed by atoms with Crippen molar-refractivity contribution in [2.75, 3.05) is 30.4 Å². The van der Waals surface area contributed by atoms with Gasteiger partial charge in [-0.2, -0.15) is 4.98 Å². The number of rotatable bonds is 3. The van der Waals surface area contributed by atoms with Crippen molar-refractivity contribution < 1.29 is 0 Å². The summed E-state index contributed by atoms with van der Waals surface area (Å²) in [5.74, 6) is 1.74. The minimum atomic E-state index is 0.839. The zero-order valence-corrected chi connectivity index (χ0v) is 13.6. The van der Waals surface area contributed by atoms with Crippen LogP contribution in [0.15, 0.2) is 30.3 Å². The molecule has 0 spiro atoms. The van der Waals surface area contributed by atoms with Crippen LogP contribution < -0.4 is 10.2 Å². The molecule has 0 atom stereocenters. The maximum absolute atomic E-state index is 4.80. The molecule has 1 aromatic carbocycles. The van der Waals surface area contributed by atoms with Crippen molar-refractivity contribution in [1.29, 1.82) is 0 Å². The van der Waals surface area contributed by atoms with Gasteiger partial charge in [0.15, 0.2) is 0 Å². The molecule has 20 heavy (non-hydrogen) atoms. The molecule has 2 heterocycles. The molecule has 5 heteroatoms. The summed E-state index contributed by atoms with van der Waals surface area (Å²) in [5, 5.41) is 3.18. The van der Waals surface area contributed by atoms with E-state index in [4.69, 9.17) is 4.98 Å². The number of hydrogen-bond donors (Lipinski definition) is 1. The molecular weight excluding hydrogens is 363 g/mol. The van der Waals surface area contributed by atoms with Crippen molar-refractivity contribution >= 4 is 34.4 Å². The van der Waals surface area contributed by atoms with Gasteiger partial charge < -0.3 is 10.2 Å². The third kappa shape index (κ3) is 2.59. The topological polar surface area (TPSA) is 41.1 Å². The number of nitrogens with one attached hydrogen (secondary N) is 1. The van der Waals surface area contributed by atoms with Crippen LogP contribution in [0.4, 0.5) is 11.8 Å². The first-order valence-corrected chi connectivity index (χ1v) is 7.93. The lowest BCUT2D eigenvalue weighted by Gasteiger charge is -2.18. The summed E-state index contributed by atoms with van der Waals surface area (Å²) in [6, 6.07) is 10.3. The van der Waals surface area contributed by atoms with Gasteiger partial charge in [-0.3, -0.25) is 0 Å². The summed E-state index contributed by atoms with van der Waals surface area (Å²) < 4.78 is 1.07. The molecule has 0 saturated carbocycles. The van der Waals surface area contributed by atoms with Gasteiger partial charge in [-0.1, -0.05) is 30.3 Å². The number of benzene rings is 1. The van der Waals surface area contributed by atoms with Crippen molar-refractivity contribution in [2.45, 2.75) is 12.8 Å². The fourth-order valence-electron chi connectivity index (χ4n) is 2.45. The lowest BCUT2D eigenvalue weighted by atomic mass is 10.1. The van der Waals surface area contributed by atoms with Crippen LogP contribution in [-0.4, -0.2) is 30.1 Å². The van der Waals surface area contributed by atoms with Crippen molar-refractivity contribution in [3.8, 4) is 11.3 Å². The number of aromatic nitrogens is 2. The highest BCUT2D eigenvalue weighted by molar-refractivity contribution is 14.1. The summed E-state index contributed by atoms with van der Waals surface area (Å²) >= 11 is 2.32. The number of halogens is 1. The molecule has 0 unspecified atom stereocenters. The zero-order chi connectivity index (χ0) is 13.9. The molecule has 0 aliphatic carbocycles. The predicted molar refractivity (Wildman–Crippen MR) is 91.2 cm³/mol. The number of anilines is 2. The molecule has 1 fully saturated rings. The second kappa shape index (κ2) is 5.95. The summed E-state index contributed by atoms with van der Waals surface area (Å²) in [5.41, 5.74) is 2.14. The summed E-state index contributed by atoms with van der Waals surface area (Å²) in [6.45, 7) is 2.11. The largest absolute Gasteiger partial charge is 0.372 e. The van der Waals surface area contributed by atoms with Gasteiger partial charge in [-0.25, -0.2) is 4.98 Å². The Morgan fingerprint density at radius 2 is 1.80 bits per heavy atom. The van der Waals surface area contributed by atoms with Gasteiger partial charge in [-0.05, 0) is 35.4 Å². The lowest BCUT2D eigenvalue weighted by Crippen LogP contribution is -2.21. The Kier molecular flexibility index (Phi) is 4.05. The van der Waals surface area contributed by atoms with E-state index in [1.165, 1.54) is 12.8 Å². The fraction of sp³-hybridized carbons (Fsp3) is 0.333. The Morgan fingerprint density at radius 1 is 1.10 bits per heavy atom. The number of nitrogens with zero attached hydrogens (tertiary/aromatic N) is 3. The quantitative estimate of drug-likeness (QED) is 0.829. The molecule has 104 valence electrons. The van der Waals surface area contributed by atoms with Gasteiger partial charge in [0.25, 0.3) is 0 Å². The Morgan fingerprint density at radius 3 is 2.45 bits per heavy atom. The molecule has 0 bridgehead atoms. The SMILES string of the molecule is CNc1nc(N2CCCC2)nc(-c2ccccc2)c1I. The van der Waals surface area contributed by atoms with Crippen LogP contribution in [0, 0.1) is 3.57 Å². The third-order valence-corrected chi connectivity index (χ3v) is 4.53. The average Bonchev–Trinajstić information content (AvgIpc) is 3.03. The predicted octanol–water partition coefficient (Wildman–Crippen LogP) is 3.39. The third-order valence-electron chi connectivity index (χ3n) is 3.51. The van der Waals surface area contributed by atoms with Gasteiger partial charge in [0.2, 0.25) is 5.95 Å². The van der Waals surface area contributed by atoms with Crippen LogP contribution in [0.1, 0.15) is 12.8 Å². The molecule has 2 aromatic rings. The fourth-order valence-corrected chi connectivity index (χ4v) is 3.27. The normalized spacial score (nSPS) is 14.6. The first-order chi connectivity index (χ1) is 9.79. The summed E-state index contributed by atoms with van der Waals surface area (Å²) in [6.07, 6.45) is 2.45. The van der Waals surface area contributed by atoms with Crippen molar-refractivity contribution in [2.24, 2.45) is 0 Å². The van der Waals surface area contributed by atoms with E-state index in [1.807, 2.05) is 25.2 Å². The van der Waals surface area contributed by atoms with Crippen LogP contribution >= 0.6 is 22.6 Å². The molecule has 4 nitrogen and oxygen atoms in total. The lowest BCUT2D eigenvalue weighted by molar-refractivity contribution is 0.899. The smallest absolute Gasteiger partial charge is 0.227 e. The van der Waals surface area contributed by atoms with Gasteiger partial charge in [0, 0.05) is 25.7 Å². The molecule has 1 N–H and O–H groups in total. The van der Waals surface area contributed by atoms with Gasteiger partial charge in [0.1, 0.15) is 5.82 Å². The average molecular weight is 380 g/mol. The Bertz CT molecular complexity index is 594. The van der Waals surface area contributed by atoms with Crippen molar-refractivity contribution in [1.82, 2.24) is 9.97 Å². The van der Waals surface area contributed by atoms with Gasteiger partial charge in [-0.15, -0.1) is 0 Å². The Labute approximate surface area is 132 Å². The second-order valence-electron chi connectivity index (χ2n) is 4.84. The Balaban J connectivity index is 2.10. The minimum Gasteiger partial charge on any atom is -0.372 e. The van der Waals surface area contributed by atoms with E-state index in [0.29, 0.717) is 0 Å². The molecule has 3 rings (SSSR count). The van der Waals surface area contributed by atoms with Crippen LogP contribution in [0.5, 0.6) is 0 Å². The van der Waals surface area contributed by atoms with Gasteiger partial charge >= 0.3 is 0 Å². The van der Waals surface area contributed by atoms with E-state index in [1.54, 1.807) is 0 Å².